The molecular formula is C25H24ClN3O3. The normalized spacial score (nSPS) is 18.9. The topological polar surface area (TPSA) is 79.0 Å². The summed E-state index contributed by atoms with van der Waals surface area (Å²) >= 11 is 5.96. The third-order valence-electron chi connectivity index (χ3n) is 5.50. The molecular weight excluding hydrogens is 426 g/mol. The van der Waals surface area contributed by atoms with Crippen LogP contribution < -0.4 is 15.2 Å². The predicted molar refractivity (Wildman–Crippen MR) is 125 cm³/mol. The molecule has 3 heterocycles. The third kappa shape index (κ3) is 3.65. The van der Waals surface area contributed by atoms with E-state index in [2.05, 4.69) is 31.8 Å². The van der Waals surface area contributed by atoms with Crippen molar-refractivity contribution < 1.29 is 14.2 Å². The van der Waals surface area contributed by atoms with E-state index >= 15 is 0 Å². The van der Waals surface area contributed by atoms with Crippen molar-refractivity contribution in [3.63, 3.8) is 0 Å². The van der Waals surface area contributed by atoms with Crippen molar-refractivity contribution in [2.24, 2.45) is 16.1 Å². The molecule has 1 atom stereocenters. The molecule has 2 N–H and O–H groups in total. The first-order chi connectivity index (χ1) is 15.2. The number of aromatic nitrogens is 1. The van der Waals surface area contributed by atoms with Crippen LogP contribution in [0.2, 0.25) is 5.15 Å². The standard InChI is InChI=1S/C25H24ClN3O3/c1-24(2,3)13-30-17-6-8-21-19(11-17)25(14-31-23(27)29-25)18-10-15(4-7-20(18)32-21)16-5-9-22(26)28-12-16/h4-12H,13-14H2,1-3H3,(H2,27,29)/t25-/m0/s1. The number of ether oxygens (including phenoxy) is 3. The first kappa shape index (κ1) is 20.6. The third-order valence-corrected chi connectivity index (χ3v) is 5.73. The summed E-state index contributed by atoms with van der Waals surface area (Å²) in [6.45, 7) is 7.28. The molecule has 0 bridgehead atoms. The lowest BCUT2D eigenvalue weighted by Gasteiger charge is -2.34. The molecule has 0 amide bonds. The van der Waals surface area contributed by atoms with Crippen LogP contribution in [0.25, 0.3) is 11.1 Å². The highest BCUT2D eigenvalue weighted by Gasteiger charge is 2.47. The first-order valence-corrected chi connectivity index (χ1v) is 10.8. The van der Waals surface area contributed by atoms with Crippen LogP contribution >= 0.6 is 11.6 Å². The van der Waals surface area contributed by atoms with Gasteiger partial charge in [0.25, 0.3) is 6.02 Å². The van der Waals surface area contributed by atoms with Gasteiger partial charge >= 0.3 is 0 Å². The van der Waals surface area contributed by atoms with Gasteiger partial charge in [-0.1, -0.05) is 38.4 Å². The smallest absolute Gasteiger partial charge is 0.283 e. The van der Waals surface area contributed by atoms with E-state index in [1.54, 1.807) is 12.3 Å². The number of benzene rings is 2. The highest BCUT2D eigenvalue weighted by atomic mass is 35.5. The van der Waals surface area contributed by atoms with Gasteiger partial charge in [0.15, 0.2) is 5.54 Å². The van der Waals surface area contributed by atoms with Gasteiger partial charge in [-0.2, -0.15) is 0 Å². The zero-order chi connectivity index (χ0) is 22.5. The largest absolute Gasteiger partial charge is 0.493 e. The number of hydrogen-bond donors (Lipinski definition) is 1. The van der Waals surface area contributed by atoms with Crippen LogP contribution in [0.3, 0.4) is 0 Å². The van der Waals surface area contributed by atoms with E-state index in [4.69, 9.17) is 36.5 Å². The summed E-state index contributed by atoms with van der Waals surface area (Å²) in [5.41, 5.74) is 8.89. The fraction of sp³-hybridized carbons (Fsp3) is 0.280. The molecule has 6 nitrogen and oxygen atoms in total. The van der Waals surface area contributed by atoms with Gasteiger partial charge < -0.3 is 19.9 Å². The van der Waals surface area contributed by atoms with E-state index in [1.807, 2.05) is 36.4 Å². The fourth-order valence-corrected chi connectivity index (χ4v) is 4.06. The van der Waals surface area contributed by atoms with Crippen LogP contribution in [0, 0.1) is 5.41 Å². The maximum atomic E-state index is 6.25. The molecule has 32 heavy (non-hydrogen) atoms. The Morgan fingerprint density at radius 3 is 2.41 bits per heavy atom. The minimum absolute atomic E-state index is 0.0389. The molecule has 7 heteroatoms. The molecule has 0 saturated heterocycles. The van der Waals surface area contributed by atoms with Crippen LogP contribution in [0.4, 0.5) is 0 Å². The quantitative estimate of drug-likeness (QED) is 0.532. The van der Waals surface area contributed by atoms with Crippen LogP contribution in [0.1, 0.15) is 31.9 Å². The van der Waals surface area contributed by atoms with Gasteiger partial charge in [-0.05, 0) is 53.4 Å². The number of halogens is 1. The number of rotatable bonds is 3. The number of amidine groups is 1. The Kier molecular flexibility index (Phi) is 4.78. The minimum atomic E-state index is -0.816. The number of nitrogens with two attached hydrogens (primary N) is 1. The molecule has 0 saturated carbocycles. The highest BCUT2D eigenvalue weighted by molar-refractivity contribution is 6.29. The van der Waals surface area contributed by atoms with Gasteiger partial charge in [0.1, 0.15) is 29.0 Å². The molecule has 2 aliphatic heterocycles. The number of nitrogens with zero attached hydrogens (tertiary/aromatic N) is 2. The summed E-state index contributed by atoms with van der Waals surface area (Å²) in [5.74, 6) is 2.18. The Morgan fingerprint density at radius 1 is 1.03 bits per heavy atom. The van der Waals surface area contributed by atoms with Gasteiger partial charge in [0.2, 0.25) is 0 Å². The number of hydrogen-bond acceptors (Lipinski definition) is 6. The van der Waals surface area contributed by atoms with E-state index in [0.29, 0.717) is 23.3 Å². The van der Waals surface area contributed by atoms with E-state index in [0.717, 1.165) is 28.0 Å². The Morgan fingerprint density at radius 2 is 1.75 bits per heavy atom. The van der Waals surface area contributed by atoms with Gasteiger partial charge in [-0.3, -0.25) is 0 Å². The molecule has 2 aromatic carbocycles. The maximum Gasteiger partial charge on any atom is 0.283 e. The van der Waals surface area contributed by atoms with Crippen molar-refractivity contribution in [1.82, 2.24) is 4.98 Å². The second kappa shape index (κ2) is 7.41. The second-order valence-electron chi connectivity index (χ2n) is 9.29. The Hall–Kier alpha value is -3.25. The second-order valence-corrected chi connectivity index (χ2v) is 9.68. The molecule has 1 aromatic heterocycles. The average Bonchev–Trinajstić information content (AvgIpc) is 3.15. The molecule has 0 aliphatic carbocycles. The molecule has 0 radical (unpaired) electrons. The lowest BCUT2D eigenvalue weighted by atomic mass is 9.80. The summed E-state index contributed by atoms with van der Waals surface area (Å²) in [5, 5.41) is 0.449. The molecule has 1 spiro atoms. The number of aliphatic imine (C=N–C) groups is 1. The molecule has 2 aliphatic rings. The van der Waals surface area contributed by atoms with Crippen molar-refractivity contribution in [1.29, 1.82) is 0 Å². The van der Waals surface area contributed by atoms with E-state index in [9.17, 15) is 0 Å². The predicted octanol–water partition coefficient (Wildman–Crippen LogP) is 5.52. The van der Waals surface area contributed by atoms with Gasteiger partial charge in [0, 0.05) is 22.9 Å². The summed E-state index contributed by atoms with van der Waals surface area (Å²) in [7, 11) is 0. The zero-order valence-corrected chi connectivity index (χ0v) is 18.9. The van der Waals surface area contributed by atoms with Gasteiger partial charge in [-0.25, -0.2) is 9.98 Å². The highest BCUT2D eigenvalue weighted by Crippen LogP contribution is 2.52. The average molecular weight is 450 g/mol. The summed E-state index contributed by atoms with van der Waals surface area (Å²) in [4.78, 5) is 8.96. The molecule has 3 aromatic rings. The van der Waals surface area contributed by atoms with Crippen molar-refractivity contribution >= 4 is 17.6 Å². The summed E-state index contributed by atoms with van der Waals surface area (Å²) < 4.78 is 18.0. The Labute approximate surface area is 192 Å². The van der Waals surface area contributed by atoms with Crippen LogP contribution in [0.15, 0.2) is 59.7 Å². The Bertz CT molecular complexity index is 1220. The van der Waals surface area contributed by atoms with Crippen molar-refractivity contribution in [2.75, 3.05) is 13.2 Å². The maximum absolute atomic E-state index is 6.25. The van der Waals surface area contributed by atoms with E-state index in [1.165, 1.54) is 0 Å². The monoisotopic (exact) mass is 449 g/mol. The number of fused-ring (bicyclic) bond motifs is 4. The lowest BCUT2D eigenvalue weighted by molar-refractivity contribution is 0.197. The van der Waals surface area contributed by atoms with E-state index in [-0.39, 0.29) is 18.0 Å². The summed E-state index contributed by atoms with van der Waals surface area (Å²) in [6.07, 6.45) is 1.75. The fourth-order valence-electron chi connectivity index (χ4n) is 3.95. The lowest BCUT2D eigenvalue weighted by Crippen LogP contribution is -2.31. The van der Waals surface area contributed by atoms with Gasteiger partial charge in [-0.15, -0.1) is 0 Å². The van der Waals surface area contributed by atoms with Crippen LogP contribution in [-0.4, -0.2) is 24.2 Å². The molecule has 5 rings (SSSR count). The number of pyridine rings is 1. The molecule has 164 valence electrons. The van der Waals surface area contributed by atoms with Gasteiger partial charge in [0.05, 0.1) is 6.61 Å². The SMILES string of the molecule is CC(C)(C)COc1ccc2c(c1)[C@]1(COC(N)=N1)c1cc(-c3ccc(Cl)nc3)ccc1O2. The van der Waals surface area contributed by atoms with Crippen LogP contribution in [-0.2, 0) is 10.3 Å². The molecule has 0 unspecified atom stereocenters. The first-order valence-electron chi connectivity index (χ1n) is 10.4. The Balaban J connectivity index is 1.62. The minimum Gasteiger partial charge on any atom is -0.493 e. The van der Waals surface area contributed by atoms with E-state index < -0.39 is 5.54 Å². The van der Waals surface area contributed by atoms with Crippen molar-refractivity contribution in [2.45, 2.75) is 26.3 Å². The summed E-state index contributed by atoms with van der Waals surface area (Å²) in [6, 6.07) is 15.7. The van der Waals surface area contributed by atoms with Crippen molar-refractivity contribution in [3.05, 3.63) is 71.0 Å². The molecule has 0 fully saturated rings. The zero-order valence-electron chi connectivity index (χ0n) is 18.2. The van der Waals surface area contributed by atoms with Crippen molar-refractivity contribution in [3.8, 4) is 28.4 Å². The van der Waals surface area contributed by atoms with Crippen LogP contribution in [0.5, 0.6) is 17.2 Å².